The van der Waals surface area contributed by atoms with E-state index in [1.807, 2.05) is 0 Å². The van der Waals surface area contributed by atoms with Crippen LogP contribution in [0.25, 0.3) is 0 Å². The number of rotatable bonds is 58. The minimum atomic E-state index is -4.76. The molecule has 0 aliphatic rings. The molecule has 0 bridgehead atoms. The molecule has 0 rings (SSSR count). The Bertz CT molecular complexity index is 1510. The number of phosphoric ester groups is 1. The van der Waals surface area contributed by atoms with Crippen molar-refractivity contribution in [3.63, 3.8) is 0 Å². The van der Waals surface area contributed by atoms with Gasteiger partial charge in [0.2, 0.25) is 0 Å². The lowest BCUT2D eigenvalue weighted by Gasteiger charge is -2.21. The van der Waals surface area contributed by atoms with Crippen molar-refractivity contribution in [2.75, 3.05) is 26.4 Å². The maximum Gasteiger partial charge on any atom is 0.472 e. The molecule has 0 aromatic carbocycles. The van der Waals surface area contributed by atoms with Crippen LogP contribution in [0.3, 0.4) is 0 Å². The zero-order valence-electron chi connectivity index (χ0n) is 49.0. The van der Waals surface area contributed by atoms with E-state index < -0.39 is 57.8 Å². The first-order valence-electron chi connectivity index (χ1n) is 31.2. The van der Waals surface area contributed by atoms with Crippen LogP contribution in [0.1, 0.15) is 290 Å². The van der Waals surface area contributed by atoms with Crippen molar-refractivity contribution in [2.45, 2.75) is 303 Å². The van der Waals surface area contributed by atoms with Gasteiger partial charge in [-0.15, -0.1) is 0 Å². The first-order valence-corrected chi connectivity index (χ1v) is 32.7. The normalized spacial score (nSPS) is 13.7. The van der Waals surface area contributed by atoms with Crippen molar-refractivity contribution in [3.05, 3.63) is 60.8 Å². The molecule has 0 aliphatic carbocycles. The Balaban J connectivity index is 4.73. The SMILES string of the molecule is CCCCC/C=C\C/C=C\CCCCCCCCCC(=O)OCC(COP(=O)(O)OCC(CO)OC(=O)CCCCCCC/C=C\C/C=C\CCCCC)OC(=O)CCCCCCCCC/C=C\CCCCCCCC. The monoisotopic (exact) mass is 1090 g/mol. The molecule has 0 fully saturated rings. The van der Waals surface area contributed by atoms with E-state index in [0.29, 0.717) is 19.3 Å². The van der Waals surface area contributed by atoms with E-state index in [4.69, 9.17) is 23.3 Å². The number of unbranched alkanes of at least 4 members (excludes halogenated alkanes) is 31. The standard InChI is InChI=1S/C64H115O11P/c1-4-7-10-13-16-19-22-25-28-30-33-35-38-41-44-47-50-53-62(66)71-57-61(75-64(68)55-52-49-46-43-40-37-34-31-29-26-23-20-17-14-11-8-5-2)59-73-76(69,70)72-58-60(56-65)74-63(67)54-51-48-45-42-39-36-32-27-24-21-18-15-12-9-6-3/h16,18-19,21,25-29,32,60-61,65H,4-15,17,20,22-24,30-31,33-59H2,1-3H3,(H,69,70)/b19-16-,21-18-,28-25-,29-26-,32-27-. The third-order valence-corrected chi connectivity index (χ3v) is 14.3. The highest BCUT2D eigenvalue weighted by Gasteiger charge is 2.28. The summed E-state index contributed by atoms with van der Waals surface area (Å²) in [5, 5.41) is 9.83. The Kier molecular flexibility index (Phi) is 56.2. The number of hydrogen-bond donors (Lipinski definition) is 2. The van der Waals surface area contributed by atoms with Crippen LogP contribution in [0.5, 0.6) is 0 Å². The van der Waals surface area contributed by atoms with Gasteiger partial charge in [0.15, 0.2) is 6.10 Å². The van der Waals surface area contributed by atoms with Gasteiger partial charge in [-0.05, 0) is 109 Å². The van der Waals surface area contributed by atoms with E-state index in [0.717, 1.165) is 109 Å². The second-order valence-corrected chi connectivity index (χ2v) is 22.3. The van der Waals surface area contributed by atoms with Gasteiger partial charge >= 0.3 is 25.7 Å². The number of carbonyl (C=O) groups is 3. The zero-order chi connectivity index (χ0) is 55.5. The number of aliphatic hydroxyl groups excluding tert-OH is 1. The fourth-order valence-electron chi connectivity index (χ4n) is 8.59. The van der Waals surface area contributed by atoms with Gasteiger partial charge in [-0.25, -0.2) is 4.57 Å². The molecule has 442 valence electrons. The Morgan fingerprint density at radius 2 is 0.645 bits per heavy atom. The topological polar surface area (TPSA) is 155 Å². The summed E-state index contributed by atoms with van der Waals surface area (Å²) in [7, 11) is -4.76. The van der Waals surface area contributed by atoms with Gasteiger partial charge in [-0.3, -0.25) is 23.4 Å². The molecule has 0 aromatic rings. The molecule has 11 nitrogen and oxygen atoms in total. The Morgan fingerprint density at radius 3 is 1.01 bits per heavy atom. The lowest BCUT2D eigenvalue weighted by Crippen LogP contribution is -2.30. The molecule has 0 spiro atoms. The largest absolute Gasteiger partial charge is 0.472 e. The molecule has 2 N–H and O–H groups in total. The highest BCUT2D eigenvalue weighted by molar-refractivity contribution is 7.47. The van der Waals surface area contributed by atoms with Crippen LogP contribution >= 0.6 is 7.82 Å². The number of aliphatic hydroxyl groups is 1. The van der Waals surface area contributed by atoms with E-state index in [-0.39, 0.29) is 25.9 Å². The number of ether oxygens (including phenoxy) is 3. The predicted molar refractivity (Wildman–Crippen MR) is 316 cm³/mol. The van der Waals surface area contributed by atoms with Gasteiger partial charge in [0.1, 0.15) is 12.7 Å². The van der Waals surface area contributed by atoms with Crippen molar-refractivity contribution in [1.29, 1.82) is 0 Å². The van der Waals surface area contributed by atoms with Crippen LogP contribution in [0, 0.1) is 0 Å². The van der Waals surface area contributed by atoms with Crippen LogP contribution in [0.4, 0.5) is 0 Å². The van der Waals surface area contributed by atoms with Crippen LogP contribution in [0.2, 0.25) is 0 Å². The molecule has 0 heterocycles. The maximum absolute atomic E-state index is 12.9. The maximum atomic E-state index is 12.9. The van der Waals surface area contributed by atoms with E-state index in [9.17, 15) is 28.9 Å². The van der Waals surface area contributed by atoms with E-state index >= 15 is 0 Å². The number of allylic oxidation sites excluding steroid dienone is 10. The third-order valence-electron chi connectivity index (χ3n) is 13.4. The van der Waals surface area contributed by atoms with Gasteiger partial charge in [0.25, 0.3) is 0 Å². The average molecular weight is 1090 g/mol. The molecule has 76 heavy (non-hydrogen) atoms. The fourth-order valence-corrected chi connectivity index (χ4v) is 9.37. The quantitative estimate of drug-likeness (QED) is 0.0197. The van der Waals surface area contributed by atoms with E-state index in [1.165, 1.54) is 122 Å². The average Bonchev–Trinajstić information content (AvgIpc) is 3.41. The van der Waals surface area contributed by atoms with Crippen LogP contribution in [-0.4, -0.2) is 66.5 Å². The summed E-state index contributed by atoms with van der Waals surface area (Å²) in [6.45, 7) is 4.60. The van der Waals surface area contributed by atoms with Gasteiger partial charge in [0.05, 0.1) is 19.8 Å². The second-order valence-electron chi connectivity index (χ2n) is 20.9. The number of esters is 3. The zero-order valence-corrected chi connectivity index (χ0v) is 49.9. The summed E-state index contributed by atoms with van der Waals surface area (Å²) in [5.74, 6) is -1.48. The van der Waals surface area contributed by atoms with Gasteiger partial charge < -0.3 is 24.2 Å². The Labute approximate surface area is 465 Å². The van der Waals surface area contributed by atoms with E-state index in [2.05, 4.69) is 81.5 Å². The molecule has 0 amide bonds. The second kappa shape index (κ2) is 58.3. The molecule has 3 atom stereocenters. The molecule has 12 heteroatoms. The van der Waals surface area contributed by atoms with Crippen molar-refractivity contribution in [2.24, 2.45) is 0 Å². The van der Waals surface area contributed by atoms with Gasteiger partial charge in [-0.1, -0.05) is 223 Å². The predicted octanol–water partition coefficient (Wildman–Crippen LogP) is 18.7. The lowest BCUT2D eigenvalue weighted by molar-refractivity contribution is -0.161. The molecule has 0 saturated heterocycles. The van der Waals surface area contributed by atoms with Crippen molar-refractivity contribution >= 4 is 25.7 Å². The van der Waals surface area contributed by atoms with Gasteiger partial charge in [-0.2, -0.15) is 0 Å². The number of carbonyl (C=O) groups excluding carboxylic acids is 3. The Hall–Kier alpha value is -2.82. The van der Waals surface area contributed by atoms with Gasteiger partial charge in [0, 0.05) is 19.3 Å². The lowest BCUT2D eigenvalue weighted by atomic mass is 10.1. The number of hydrogen-bond acceptors (Lipinski definition) is 10. The van der Waals surface area contributed by atoms with Crippen LogP contribution in [0.15, 0.2) is 60.8 Å². The summed E-state index contributed by atoms with van der Waals surface area (Å²) in [5.41, 5.74) is 0. The fraction of sp³-hybridized carbons (Fsp3) is 0.797. The summed E-state index contributed by atoms with van der Waals surface area (Å²) < 4.78 is 39.6. The molecular weight excluding hydrogens is 976 g/mol. The summed E-state index contributed by atoms with van der Waals surface area (Å²) in [6.07, 6.45) is 64.5. The molecule has 3 unspecified atom stereocenters. The summed E-state index contributed by atoms with van der Waals surface area (Å²) in [6, 6.07) is 0. The number of phosphoric acid groups is 1. The molecular formula is C64H115O11P. The Morgan fingerprint density at radius 1 is 0.368 bits per heavy atom. The summed E-state index contributed by atoms with van der Waals surface area (Å²) in [4.78, 5) is 48.7. The molecule has 0 aliphatic heterocycles. The molecule has 0 radical (unpaired) electrons. The van der Waals surface area contributed by atoms with Crippen LogP contribution < -0.4 is 0 Å². The third kappa shape index (κ3) is 55.9. The first-order chi connectivity index (χ1) is 37.2. The molecule has 0 aromatic heterocycles. The van der Waals surface area contributed by atoms with E-state index in [1.54, 1.807) is 0 Å². The molecule has 0 saturated carbocycles. The van der Waals surface area contributed by atoms with Crippen molar-refractivity contribution < 1.29 is 52.2 Å². The first kappa shape index (κ1) is 73.2. The minimum absolute atomic E-state index is 0.160. The minimum Gasteiger partial charge on any atom is -0.462 e. The van der Waals surface area contributed by atoms with Crippen molar-refractivity contribution in [3.8, 4) is 0 Å². The smallest absolute Gasteiger partial charge is 0.462 e. The highest BCUT2D eigenvalue weighted by atomic mass is 31.2. The summed E-state index contributed by atoms with van der Waals surface area (Å²) >= 11 is 0. The highest BCUT2D eigenvalue weighted by Crippen LogP contribution is 2.43. The van der Waals surface area contributed by atoms with Crippen molar-refractivity contribution in [1.82, 2.24) is 0 Å². The van der Waals surface area contributed by atoms with Crippen LogP contribution in [-0.2, 0) is 42.2 Å².